The molecule has 0 spiro atoms. The van der Waals surface area contributed by atoms with Gasteiger partial charge in [0.1, 0.15) is 0 Å². The lowest BCUT2D eigenvalue weighted by atomic mass is 10.0. The number of hydrogen-bond donors (Lipinski definition) is 3. The molecule has 1 amide bonds. The summed E-state index contributed by atoms with van der Waals surface area (Å²) >= 11 is 0. The van der Waals surface area contributed by atoms with Crippen LogP contribution < -0.4 is 5.32 Å². The predicted octanol–water partition coefficient (Wildman–Crippen LogP) is 23.1. The van der Waals surface area contributed by atoms with Crippen LogP contribution in [0.5, 0.6) is 0 Å². The molecule has 75 heavy (non-hydrogen) atoms. The first kappa shape index (κ1) is 73.1. The molecule has 4 nitrogen and oxygen atoms in total. The van der Waals surface area contributed by atoms with Gasteiger partial charge in [-0.2, -0.15) is 0 Å². The molecule has 0 rings (SSSR count). The van der Waals surface area contributed by atoms with Gasteiger partial charge in [0, 0.05) is 6.42 Å². The van der Waals surface area contributed by atoms with E-state index in [1.54, 1.807) is 0 Å². The van der Waals surface area contributed by atoms with Gasteiger partial charge in [0.15, 0.2) is 0 Å². The van der Waals surface area contributed by atoms with Crippen molar-refractivity contribution in [2.24, 2.45) is 0 Å². The summed E-state index contributed by atoms with van der Waals surface area (Å²) in [5.41, 5.74) is 0. The molecule has 0 fully saturated rings. The Morgan fingerprint density at radius 3 is 0.880 bits per heavy atom. The van der Waals surface area contributed by atoms with Crippen LogP contribution in [0, 0.1) is 0 Å². The van der Waals surface area contributed by atoms with Crippen molar-refractivity contribution in [1.29, 1.82) is 0 Å². The third-order valence-corrected chi connectivity index (χ3v) is 15.8. The maximum atomic E-state index is 12.6. The molecule has 0 aromatic heterocycles. The van der Waals surface area contributed by atoms with E-state index in [1.165, 1.54) is 283 Å². The van der Waals surface area contributed by atoms with Crippen LogP contribution in [-0.2, 0) is 4.79 Å². The van der Waals surface area contributed by atoms with Crippen molar-refractivity contribution < 1.29 is 15.0 Å². The minimum Gasteiger partial charge on any atom is -0.394 e. The molecule has 3 N–H and O–H groups in total. The summed E-state index contributed by atoms with van der Waals surface area (Å²) in [6.45, 7) is 4.28. The highest BCUT2D eigenvalue weighted by Gasteiger charge is 2.20. The number of carbonyl (C=O) groups is 1. The fourth-order valence-corrected chi connectivity index (χ4v) is 10.7. The highest BCUT2D eigenvalue weighted by Crippen LogP contribution is 2.19. The Labute approximate surface area is 470 Å². The van der Waals surface area contributed by atoms with Gasteiger partial charge in [-0.25, -0.2) is 0 Å². The third-order valence-electron chi connectivity index (χ3n) is 15.8. The highest BCUT2D eigenvalue weighted by molar-refractivity contribution is 5.76. The molecule has 4 heteroatoms. The van der Waals surface area contributed by atoms with E-state index >= 15 is 0 Å². The lowest BCUT2D eigenvalue weighted by Crippen LogP contribution is -2.45. The zero-order valence-corrected chi connectivity index (χ0v) is 50.8. The molecule has 0 aliphatic heterocycles. The minimum absolute atomic E-state index is 0.0239. The van der Waals surface area contributed by atoms with Crippen LogP contribution in [-0.4, -0.2) is 34.9 Å². The molecule has 0 saturated heterocycles. The Bertz CT molecular complexity index is 1230. The molecule has 0 saturated carbocycles. The Morgan fingerprint density at radius 2 is 0.587 bits per heavy atom. The molecule has 0 aliphatic rings. The van der Waals surface area contributed by atoms with Crippen molar-refractivity contribution in [1.82, 2.24) is 5.32 Å². The second-order valence-electron chi connectivity index (χ2n) is 23.2. The Balaban J connectivity index is 3.40. The first-order chi connectivity index (χ1) is 37.2. The number of carbonyl (C=O) groups excluding carboxylic acids is 1. The zero-order valence-electron chi connectivity index (χ0n) is 50.8. The number of aliphatic hydroxyl groups is 2. The standard InChI is InChI=1S/C71H133NO3/c1-3-5-7-9-11-13-15-17-19-21-23-25-27-29-30-31-32-33-34-35-36-37-38-39-40-41-42-43-45-47-49-51-53-55-57-59-61-63-65-67-71(75)72-69(68-73)70(74)66-64-62-60-58-56-54-52-50-48-46-44-28-26-24-22-20-18-16-14-12-10-8-6-4-2/h5,7,11,13,17,19,23,25,29-30,69-70,73-74H,3-4,6,8-10,12,14-16,18,20-22,24,26-28,31-68H2,1-2H3,(H,72,75)/b7-5-,13-11-,19-17-,25-23-,30-29-. The maximum Gasteiger partial charge on any atom is 0.220 e. The van der Waals surface area contributed by atoms with Crippen LogP contribution in [0.3, 0.4) is 0 Å². The predicted molar refractivity (Wildman–Crippen MR) is 336 cm³/mol. The van der Waals surface area contributed by atoms with E-state index in [4.69, 9.17) is 0 Å². The summed E-state index contributed by atoms with van der Waals surface area (Å²) in [6, 6.07) is -0.537. The van der Waals surface area contributed by atoms with Gasteiger partial charge in [-0.1, -0.05) is 364 Å². The molecule has 440 valence electrons. The number of nitrogens with one attached hydrogen (secondary N) is 1. The minimum atomic E-state index is -0.660. The molecular weight excluding hydrogens is 915 g/mol. The fraction of sp³-hybridized carbons (Fsp3) is 0.845. The van der Waals surface area contributed by atoms with E-state index in [1.807, 2.05) is 0 Å². The van der Waals surface area contributed by atoms with Gasteiger partial charge in [0.2, 0.25) is 5.91 Å². The van der Waals surface area contributed by atoms with Gasteiger partial charge >= 0.3 is 0 Å². The van der Waals surface area contributed by atoms with Crippen molar-refractivity contribution in [3.63, 3.8) is 0 Å². The first-order valence-electron chi connectivity index (χ1n) is 34.0. The van der Waals surface area contributed by atoms with Crippen LogP contribution >= 0.6 is 0 Å². The van der Waals surface area contributed by atoms with Gasteiger partial charge in [-0.05, 0) is 57.8 Å². The van der Waals surface area contributed by atoms with Gasteiger partial charge < -0.3 is 15.5 Å². The topological polar surface area (TPSA) is 69.6 Å². The number of unbranched alkanes of at least 4 members (excludes halogenated alkanes) is 46. The molecule has 0 aromatic carbocycles. The van der Waals surface area contributed by atoms with Crippen molar-refractivity contribution in [2.45, 2.75) is 379 Å². The molecular formula is C71H133NO3. The zero-order chi connectivity index (χ0) is 54.1. The molecule has 0 aromatic rings. The highest BCUT2D eigenvalue weighted by atomic mass is 16.3. The summed E-state index contributed by atoms with van der Waals surface area (Å²) < 4.78 is 0. The number of hydrogen-bond acceptors (Lipinski definition) is 3. The average Bonchev–Trinajstić information content (AvgIpc) is 3.41. The summed E-state index contributed by atoms with van der Waals surface area (Å²) in [5.74, 6) is -0.0239. The molecule has 0 aliphatic carbocycles. The number of allylic oxidation sites excluding steroid dienone is 10. The number of amides is 1. The van der Waals surface area contributed by atoms with Gasteiger partial charge in [-0.3, -0.25) is 4.79 Å². The monoisotopic (exact) mass is 1050 g/mol. The van der Waals surface area contributed by atoms with Crippen LogP contribution in [0.2, 0.25) is 0 Å². The quantitative estimate of drug-likeness (QED) is 0.0420. The Kier molecular flexibility index (Phi) is 64.7. The van der Waals surface area contributed by atoms with Crippen LogP contribution in [0.25, 0.3) is 0 Å². The van der Waals surface area contributed by atoms with Crippen molar-refractivity contribution >= 4 is 5.91 Å². The average molecular weight is 1050 g/mol. The van der Waals surface area contributed by atoms with Crippen LogP contribution in [0.4, 0.5) is 0 Å². The van der Waals surface area contributed by atoms with Gasteiger partial charge in [-0.15, -0.1) is 0 Å². The van der Waals surface area contributed by atoms with E-state index in [9.17, 15) is 15.0 Å². The third kappa shape index (κ3) is 62.8. The normalized spacial score (nSPS) is 13.1. The summed E-state index contributed by atoms with van der Waals surface area (Å²) in [7, 11) is 0. The van der Waals surface area contributed by atoms with E-state index in [0.717, 1.165) is 57.8 Å². The van der Waals surface area contributed by atoms with E-state index in [0.29, 0.717) is 12.8 Å². The lowest BCUT2D eigenvalue weighted by Gasteiger charge is -2.22. The molecule has 0 bridgehead atoms. The maximum absolute atomic E-state index is 12.6. The largest absolute Gasteiger partial charge is 0.394 e. The summed E-state index contributed by atoms with van der Waals surface area (Å²) in [6.07, 6.45) is 94.1. The Hall–Kier alpha value is -1.91. The van der Waals surface area contributed by atoms with Crippen molar-refractivity contribution in [3.05, 3.63) is 60.8 Å². The van der Waals surface area contributed by atoms with Gasteiger partial charge in [0.25, 0.3) is 0 Å². The molecule has 2 atom stereocenters. The van der Waals surface area contributed by atoms with Crippen LogP contribution in [0.15, 0.2) is 60.8 Å². The number of aliphatic hydroxyl groups excluding tert-OH is 2. The first-order valence-corrected chi connectivity index (χ1v) is 34.0. The second kappa shape index (κ2) is 66.4. The smallest absolute Gasteiger partial charge is 0.220 e. The lowest BCUT2D eigenvalue weighted by molar-refractivity contribution is -0.123. The number of rotatable bonds is 63. The molecule has 2 unspecified atom stereocenters. The molecule has 0 radical (unpaired) electrons. The van der Waals surface area contributed by atoms with E-state index in [2.05, 4.69) is 79.9 Å². The van der Waals surface area contributed by atoms with Gasteiger partial charge in [0.05, 0.1) is 18.8 Å². The summed E-state index contributed by atoms with van der Waals surface area (Å²) in [5, 5.41) is 23.4. The molecule has 0 heterocycles. The van der Waals surface area contributed by atoms with E-state index < -0.39 is 12.1 Å². The van der Waals surface area contributed by atoms with E-state index in [-0.39, 0.29) is 12.5 Å². The second-order valence-corrected chi connectivity index (χ2v) is 23.2. The SMILES string of the molecule is CC/C=C\C/C=C\C/C=C\C/C=C\C/C=C\CCCCCCCCCCCCCCCCCCCCCCCCCC(=O)NC(CO)C(O)CCCCCCCCCCCCCCCCCCCCCCCCCC. The summed E-state index contributed by atoms with van der Waals surface area (Å²) in [4.78, 5) is 12.6. The van der Waals surface area contributed by atoms with Crippen LogP contribution in [0.1, 0.15) is 367 Å². The Morgan fingerprint density at radius 1 is 0.333 bits per heavy atom. The van der Waals surface area contributed by atoms with Crippen molar-refractivity contribution in [2.75, 3.05) is 6.61 Å². The van der Waals surface area contributed by atoms with Crippen molar-refractivity contribution in [3.8, 4) is 0 Å². The fourth-order valence-electron chi connectivity index (χ4n) is 10.7.